The Morgan fingerprint density at radius 3 is 2.92 bits per heavy atom. The SMILES string of the molecule is CC1=C[C@H]2CCC3(OCCO3)[C@H]2C1. The molecule has 72 valence electrons. The summed E-state index contributed by atoms with van der Waals surface area (Å²) in [5.41, 5.74) is 1.52. The molecular formula is C11H16O2. The van der Waals surface area contributed by atoms with Crippen LogP contribution in [0.15, 0.2) is 11.6 Å². The predicted molar refractivity (Wildman–Crippen MR) is 49.2 cm³/mol. The summed E-state index contributed by atoms with van der Waals surface area (Å²) < 4.78 is 11.6. The summed E-state index contributed by atoms with van der Waals surface area (Å²) in [4.78, 5) is 0. The zero-order valence-corrected chi connectivity index (χ0v) is 8.08. The lowest BCUT2D eigenvalue weighted by Crippen LogP contribution is -2.35. The second-order valence-corrected chi connectivity index (χ2v) is 4.53. The van der Waals surface area contributed by atoms with Gasteiger partial charge in [0.25, 0.3) is 0 Å². The quantitative estimate of drug-likeness (QED) is 0.531. The van der Waals surface area contributed by atoms with Gasteiger partial charge < -0.3 is 9.47 Å². The molecule has 1 aliphatic heterocycles. The van der Waals surface area contributed by atoms with E-state index in [0.29, 0.717) is 5.92 Å². The molecular weight excluding hydrogens is 164 g/mol. The van der Waals surface area contributed by atoms with E-state index in [1.165, 1.54) is 18.4 Å². The summed E-state index contributed by atoms with van der Waals surface area (Å²) in [6.07, 6.45) is 5.96. The van der Waals surface area contributed by atoms with Crippen LogP contribution in [0.5, 0.6) is 0 Å². The molecule has 2 heteroatoms. The normalized spacial score (nSPS) is 41.2. The van der Waals surface area contributed by atoms with E-state index in [-0.39, 0.29) is 5.79 Å². The lowest BCUT2D eigenvalue weighted by molar-refractivity contribution is -0.182. The van der Waals surface area contributed by atoms with E-state index in [9.17, 15) is 0 Å². The first-order valence-corrected chi connectivity index (χ1v) is 5.25. The van der Waals surface area contributed by atoms with E-state index >= 15 is 0 Å². The second-order valence-electron chi connectivity index (χ2n) is 4.53. The topological polar surface area (TPSA) is 18.5 Å². The van der Waals surface area contributed by atoms with E-state index in [4.69, 9.17) is 9.47 Å². The van der Waals surface area contributed by atoms with Gasteiger partial charge in [-0.2, -0.15) is 0 Å². The summed E-state index contributed by atoms with van der Waals surface area (Å²) in [5.74, 6) is 1.17. The molecule has 3 aliphatic rings. The average Bonchev–Trinajstić information content (AvgIpc) is 2.73. The van der Waals surface area contributed by atoms with Gasteiger partial charge in [0.2, 0.25) is 0 Å². The fraction of sp³-hybridized carbons (Fsp3) is 0.818. The third kappa shape index (κ3) is 1.02. The van der Waals surface area contributed by atoms with E-state index < -0.39 is 0 Å². The maximum absolute atomic E-state index is 5.81. The second kappa shape index (κ2) is 2.58. The van der Waals surface area contributed by atoms with Crippen LogP contribution >= 0.6 is 0 Å². The molecule has 0 aromatic heterocycles. The van der Waals surface area contributed by atoms with Gasteiger partial charge in [-0.3, -0.25) is 0 Å². The number of hydrogen-bond acceptors (Lipinski definition) is 2. The molecule has 2 aliphatic carbocycles. The van der Waals surface area contributed by atoms with Crippen molar-refractivity contribution < 1.29 is 9.47 Å². The number of rotatable bonds is 0. The summed E-state index contributed by atoms with van der Waals surface area (Å²) >= 11 is 0. The molecule has 2 nitrogen and oxygen atoms in total. The highest BCUT2D eigenvalue weighted by atomic mass is 16.7. The molecule has 13 heavy (non-hydrogen) atoms. The number of hydrogen-bond donors (Lipinski definition) is 0. The van der Waals surface area contributed by atoms with E-state index in [1.54, 1.807) is 0 Å². The molecule has 0 bridgehead atoms. The minimum absolute atomic E-state index is 0.182. The highest BCUT2D eigenvalue weighted by molar-refractivity contribution is 5.17. The molecule has 1 spiro atoms. The van der Waals surface area contributed by atoms with Crippen LogP contribution in [0.4, 0.5) is 0 Å². The molecule has 2 atom stereocenters. The van der Waals surface area contributed by atoms with Crippen molar-refractivity contribution in [2.75, 3.05) is 13.2 Å². The molecule has 3 rings (SSSR count). The third-order valence-corrected chi connectivity index (χ3v) is 3.72. The molecule has 0 aromatic rings. The zero-order valence-electron chi connectivity index (χ0n) is 8.08. The molecule has 1 heterocycles. The summed E-state index contributed by atoms with van der Waals surface area (Å²) in [6, 6.07) is 0. The van der Waals surface area contributed by atoms with Gasteiger partial charge in [0.15, 0.2) is 5.79 Å². The first-order valence-electron chi connectivity index (χ1n) is 5.25. The van der Waals surface area contributed by atoms with Gasteiger partial charge in [0, 0.05) is 12.3 Å². The minimum atomic E-state index is -0.182. The molecule has 0 radical (unpaired) electrons. The number of allylic oxidation sites excluding steroid dienone is 2. The number of fused-ring (bicyclic) bond motifs is 2. The molecule has 0 N–H and O–H groups in total. The van der Waals surface area contributed by atoms with Crippen LogP contribution in [0.3, 0.4) is 0 Å². The van der Waals surface area contributed by atoms with Crippen molar-refractivity contribution in [1.82, 2.24) is 0 Å². The Morgan fingerprint density at radius 2 is 2.15 bits per heavy atom. The van der Waals surface area contributed by atoms with Crippen LogP contribution < -0.4 is 0 Å². The van der Waals surface area contributed by atoms with Crippen molar-refractivity contribution >= 4 is 0 Å². The van der Waals surface area contributed by atoms with Gasteiger partial charge in [0.1, 0.15) is 0 Å². The minimum Gasteiger partial charge on any atom is -0.347 e. The first kappa shape index (κ1) is 8.01. The predicted octanol–water partition coefficient (Wildman–Crippen LogP) is 2.11. The molecule has 1 saturated heterocycles. The van der Waals surface area contributed by atoms with Gasteiger partial charge in [-0.25, -0.2) is 0 Å². The van der Waals surface area contributed by atoms with Crippen LogP contribution in [0.1, 0.15) is 26.2 Å². The molecule has 1 saturated carbocycles. The maximum atomic E-state index is 5.81. The Bertz CT molecular complexity index is 251. The van der Waals surface area contributed by atoms with Crippen LogP contribution in [-0.2, 0) is 9.47 Å². The maximum Gasteiger partial charge on any atom is 0.172 e. The lowest BCUT2D eigenvalue weighted by Gasteiger charge is -2.28. The van der Waals surface area contributed by atoms with E-state index in [1.807, 2.05) is 0 Å². The van der Waals surface area contributed by atoms with Gasteiger partial charge in [-0.1, -0.05) is 11.6 Å². The van der Waals surface area contributed by atoms with Crippen LogP contribution in [-0.4, -0.2) is 19.0 Å². The Kier molecular flexibility index (Phi) is 1.59. The molecule has 0 unspecified atom stereocenters. The van der Waals surface area contributed by atoms with Gasteiger partial charge in [0.05, 0.1) is 13.2 Å². The fourth-order valence-electron chi connectivity index (χ4n) is 3.20. The highest BCUT2D eigenvalue weighted by Gasteiger charge is 2.53. The molecule has 0 amide bonds. The molecule has 0 aromatic carbocycles. The Morgan fingerprint density at radius 1 is 1.38 bits per heavy atom. The lowest BCUT2D eigenvalue weighted by atomic mass is 9.95. The fourth-order valence-corrected chi connectivity index (χ4v) is 3.20. The van der Waals surface area contributed by atoms with Crippen LogP contribution in [0.2, 0.25) is 0 Å². The Hall–Kier alpha value is -0.340. The highest BCUT2D eigenvalue weighted by Crippen LogP contribution is 2.52. The van der Waals surface area contributed by atoms with E-state index in [0.717, 1.165) is 25.6 Å². The number of ether oxygens (including phenoxy) is 2. The van der Waals surface area contributed by atoms with Crippen molar-refractivity contribution in [1.29, 1.82) is 0 Å². The van der Waals surface area contributed by atoms with Gasteiger partial charge >= 0.3 is 0 Å². The summed E-state index contributed by atoms with van der Waals surface area (Å²) in [7, 11) is 0. The van der Waals surface area contributed by atoms with Gasteiger partial charge in [-0.15, -0.1) is 0 Å². The smallest absolute Gasteiger partial charge is 0.172 e. The van der Waals surface area contributed by atoms with Crippen molar-refractivity contribution in [3.63, 3.8) is 0 Å². The zero-order chi connectivity index (χ0) is 8.89. The van der Waals surface area contributed by atoms with E-state index in [2.05, 4.69) is 13.0 Å². The largest absolute Gasteiger partial charge is 0.347 e. The van der Waals surface area contributed by atoms with Crippen molar-refractivity contribution in [3.8, 4) is 0 Å². The first-order chi connectivity index (χ1) is 6.30. The van der Waals surface area contributed by atoms with Crippen molar-refractivity contribution in [2.45, 2.75) is 32.0 Å². The van der Waals surface area contributed by atoms with Crippen LogP contribution in [0, 0.1) is 11.8 Å². The third-order valence-electron chi connectivity index (χ3n) is 3.72. The summed E-state index contributed by atoms with van der Waals surface area (Å²) in [6.45, 7) is 3.81. The van der Waals surface area contributed by atoms with Crippen LogP contribution in [0.25, 0.3) is 0 Å². The summed E-state index contributed by atoms with van der Waals surface area (Å²) in [5, 5.41) is 0. The van der Waals surface area contributed by atoms with Gasteiger partial charge in [-0.05, 0) is 25.7 Å². The monoisotopic (exact) mass is 180 g/mol. The average molecular weight is 180 g/mol. The standard InChI is InChI=1S/C11H16O2/c1-8-6-9-2-3-11(10(9)7-8)12-4-5-13-11/h6,9-10H,2-5,7H2,1H3/t9-,10+/m1/s1. The Balaban J connectivity index is 1.87. The van der Waals surface area contributed by atoms with Crippen molar-refractivity contribution in [3.05, 3.63) is 11.6 Å². The Labute approximate surface area is 78.9 Å². The van der Waals surface area contributed by atoms with Crippen molar-refractivity contribution in [2.24, 2.45) is 11.8 Å². The molecule has 2 fully saturated rings.